The molecular weight excluding hydrogens is 264 g/mol. The van der Waals surface area contributed by atoms with Gasteiger partial charge in [-0.05, 0) is 22.6 Å². The van der Waals surface area contributed by atoms with Gasteiger partial charge in [-0.1, -0.05) is 24.3 Å². The van der Waals surface area contributed by atoms with E-state index in [1.165, 1.54) is 12.1 Å². The Balaban J connectivity index is 3.02. The summed E-state index contributed by atoms with van der Waals surface area (Å²) in [6.07, 6.45) is 0. The van der Waals surface area contributed by atoms with Crippen molar-refractivity contribution in [3.05, 3.63) is 35.3 Å². The maximum absolute atomic E-state index is 11.9. The number of hydrogen-bond acceptors (Lipinski definition) is 4. The van der Waals surface area contributed by atoms with E-state index in [-0.39, 0.29) is 5.39 Å². The Hall–Kier alpha value is -1.84. The number of halogens is 1. The number of nitrogens with zero attached hydrogens (tertiary/aromatic N) is 2. The van der Waals surface area contributed by atoms with E-state index in [0.717, 1.165) is 0 Å². The van der Waals surface area contributed by atoms with Crippen molar-refractivity contribution in [3.63, 3.8) is 0 Å². The zero-order valence-corrected chi connectivity index (χ0v) is 9.86. The highest BCUT2D eigenvalue weighted by Crippen LogP contribution is 2.39. The van der Waals surface area contributed by atoms with E-state index in [2.05, 4.69) is 4.98 Å². The van der Waals surface area contributed by atoms with Crippen molar-refractivity contribution in [3.8, 4) is 5.75 Å². The second-order valence-corrected chi connectivity index (χ2v) is 5.85. The first-order valence-corrected chi connectivity index (χ1v) is 6.78. The molecule has 0 atom stereocenters. The summed E-state index contributed by atoms with van der Waals surface area (Å²) in [7, 11) is 1.04. The van der Waals surface area contributed by atoms with Gasteiger partial charge in [0.1, 0.15) is 0 Å². The first-order valence-electron chi connectivity index (χ1n) is 4.47. The molecule has 2 rings (SSSR count). The van der Waals surface area contributed by atoms with Crippen LogP contribution in [0.25, 0.3) is 15.7 Å². The number of hydrogen-bond donors (Lipinski definition) is 0. The molecule has 7 heteroatoms. The van der Waals surface area contributed by atoms with Gasteiger partial charge in [-0.3, -0.25) is 0 Å². The number of diazo groups is 1. The van der Waals surface area contributed by atoms with Crippen molar-refractivity contribution < 1.29 is 13.5 Å². The predicted octanol–water partition coefficient (Wildman–Crippen LogP) is 2.33. The average molecular weight is 269 g/mol. The highest BCUT2D eigenvalue weighted by Gasteiger charge is 2.26. The van der Waals surface area contributed by atoms with E-state index < -0.39 is 25.4 Å². The van der Waals surface area contributed by atoms with Gasteiger partial charge in [-0.25, -0.2) is 8.42 Å². The summed E-state index contributed by atoms with van der Waals surface area (Å²) in [6, 6.07) is 7.57. The molecule has 17 heavy (non-hydrogen) atoms. The highest BCUT2D eigenvalue weighted by atomic mass is 35.7. The molecule has 0 saturated heterocycles. The number of benzene rings is 2. The second kappa shape index (κ2) is 3.87. The Morgan fingerprint density at radius 2 is 1.94 bits per heavy atom. The largest absolute Gasteiger partial charge is 0.867 e. The van der Waals surface area contributed by atoms with E-state index in [4.69, 9.17) is 16.1 Å². The van der Waals surface area contributed by atoms with Crippen LogP contribution < -0.4 is 5.11 Å². The van der Waals surface area contributed by atoms with Crippen LogP contribution in [0.1, 0.15) is 0 Å². The summed E-state index contributed by atoms with van der Waals surface area (Å²) in [5, 5.41) is 21.3. The van der Waals surface area contributed by atoms with E-state index >= 15 is 0 Å². The molecule has 0 saturated carbocycles. The second-order valence-electron chi connectivity index (χ2n) is 3.31. The predicted molar refractivity (Wildman–Crippen MR) is 61.2 cm³/mol. The molecule has 86 valence electrons. The van der Waals surface area contributed by atoms with Gasteiger partial charge in [0.15, 0.2) is 9.87 Å². The lowest BCUT2D eigenvalue weighted by Gasteiger charge is -2.08. The molecule has 0 aromatic heterocycles. The first kappa shape index (κ1) is 11.6. The van der Waals surface area contributed by atoms with Gasteiger partial charge in [0.2, 0.25) is 5.39 Å². The molecule has 2 aromatic carbocycles. The van der Waals surface area contributed by atoms with Crippen LogP contribution in [0.15, 0.2) is 35.2 Å². The summed E-state index contributed by atoms with van der Waals surface area (Å²) in [4.78, 5) is 2.22. The smallest absolute Gasteiger partial charge is 0.397 e. The van der Waals surface area contributed by atoms with Crippen LogP contribution in [-0.4, -0.2) is 8.42 Å². The summed E-state index contributed by atoms with van der Waals surface area (Å²) in [5.41, 5.74) is -0.571. The minimum atomic E-state index is -4.14. The third-order valence-electron chi connectivity index (χ3n) is 2.30. The van der Waals surface area contributed by atoms with Gasteiger partial charge in [-0.15, -0.1) is 0 Å². The normalized spacial score (nSPS) is 11.3. The van der Waals surface area contributed by atoms with E-state index in [1.54, 1.807) is 18.2 Å². The van der Waals surface area contributed by atoms with Gasteiger partial charge >= 0.3 is 5.69 Å². The van der Waals surface area contributed by atoms with Crippen LogP contribution in [-0.2, 0) is 9.05 Å². The van der Waals surface area contributed by atoms with Gasteiger partial charge in [0, 0.05) is 10.7 Å². The van der Waals surface area contributed by atoms with Crippen LogP contribution in [0.4, 0.5) is 5.69 Å². The molecule has 5 nitrogen and oxygen atoms in total. The summed E-state index contributed by atoms with van der Waals surface area (Å²) in [6.45, 7) is 0. The van der Waals surface area contributed by atoms with Crippen molar-refractivity contribution in [1.82, 2.24) is 0 Å². The first-order chi connectivity index (χ1) is 7.95. The third-order valence-corrected chi connectivity index (χ3v) is 3.64. The molecule has 0 aliphatic carbocycles. The maximum Gasteiger partial charge on any atom is 0.397 e. The van der Waals surface area contributed by atoms with Crippen LogP contribution >= 0.6 is 10.7 Å². The van der Waals surface area contributed by atoms with Crippen LogP contribution in [0.2, 0.25) is 0 Å². The third kappa shape index (κ3) is 1.90. The highest BCUT2D eigenvalue weighted by molar-refractivity contribution is 8.13. The lowest BCUT2D eigenvalue weighted by Crippen LogP contribution is -1.98. The number of rotatable bonds is 1. The zero-order chi connectivity index (χ0) is 12.6. The van der Waals surface area contributed by atoms with E-state index in [0.29, 0.717) is 5.39 Å². The molecule has 0 amide bonds. The molecule has 2 aromatic rings. The molecule has 0 heterocycles. The fraction of sp³-hybridized carbons (Fsp3) is 0. The van der Waals surface area contributed by atoms with Crippen LogP contribution in [0.5, 0.6) is 5.75 Å². The molecule has 0 radical (unpaired) electrons. The molecular formula is C10H5ClN2O3S. The van der Waals surface area contributed by atoms with Gasteiger partial charge < -0.3 is 5.11 Å². The lowest BCUT2D eigenvalue weighted by molar-refractivity contribution is -0.264. The SMILES string of the molecule is N#[N+]c1c(S(=O)(=O)Cl)cc2ccccc2c1[O-]. The minimum absolute atomic E-state index is 0.268. The summed E-state index contributed by atoms with van der Waals surface area (Å²) in [5.74, 6) is -0.676. The van der Waals surface area contributed by atoms with Crippen molar-refractivity contribution in [1.29, 1.82) is 5.39 Å². The van der Waals surface area contributed by atoms with Crippen molar-refractivity contribution in [2.24, 2.45) is 0 Å². The quantitative estimate of drug-likeness (QED) is 0.587. The summed E-state index contributed by atoms with van der Waals surface area (Å²) >= 11 is 0. The Morgan fingerprint density at radius 3 is 2.53 bits per heavy atom. The molecule has 0 N–H and O–H groups in total. The standard InChI is InChI=1S/C10H5ClN2O3S/c11-17(15,16)8-5-6-3-1-2-4-7(6)10(14)9(8)13-12/h1-5H. The molecule has 0 bridgehead atoms. The Labute approximate surface area is 101 Å². The minimum Gasteiger partial charge on any atom is -0.867 e. The fourth-order valence-electron chi connectivity index (χ4n) is 1.56. The molecule has 0 unspecified atom stereocenters. The topological polar surface area (TPSA) is 85.3 Å². The lowest BCUT2D eigenvalue weighted by atomic mass is 10.1. The fourth-order valence-corrected chi connectivity index (χ4v) is 2.54. The van der Waals surface area contributed by atoms with Crippen molar-refractivity contribution in [2.75, 3.05) is 0 Å². The van der Waals surface area contributed by atoms with Crippen LogP contribution in [0.3, 0.4) is 0 Å². The monoisotopic (exact) mass is 268 g/mol. The summed E-state index contributed by atoms with van der Waals surface area (Å²) < 4.78 is 22.5. The van der Waals surface area contributed by atoms with E-state index in [9.17, 15) is 13.5 Å². The Bertz CT molecular complexity index is 750. The van der Waals surface area contributed by atoms with Gasteiger partial charge in [0.25, 0.3) is 9.05 Å². The van der Waals surface area contributed by atoms with Crippen molar-refractivity contribution in [2.45, 2.75) is 4.90 Å². The van der Waals surface area contributed by atoms with Gasteiger partial charge in [-0.2, -0.15) is 0 Å². The molecule has 0 fully saturated rings. The zero-order valence-electron chi connectivity index (χ0n) is 8.29. The van der Waals surface area contributed by atoms with Crippen LogP contribution in [0, 0.1) is 5.39 Å². The Kier molecular flexibility index (Phi) is 2.65. The number of fused-ring (bicyclic) bond motifs is 1. The average Bonchev–Trinajstić information content (AvgIpc) is 2.28. The molecule has 0 aliphatic rings. The van der Waals surface area contributed by atoms with Gasteiger partial charge in [0.05, 0.1) is 0 Å². The van der Waals surface area contributed by atoms with E-state index in [1.807, 2.05) is 0 Å². The molecule has 0 spiro atoms. The Morgan fingerprint density at radius 1 is 1.29 bits per heavy atom. The maximum atomic E-state index is 11.9. The molecule has 0 aliphatic heterocycles. The van der Waals surface area contributed by atoms with Crippen molar-refractivity contribution >= 4 is 36.2 Å².